The number of ether oxygens (including phenoxy) is 1. The van der Waals surface area contributed by atoms with Crippen LogP contribution in [0.1, 0.15) is 0 Å². The Balaban J connectivity index is 1.75. The van der Waals surface area contributed by atoms with E-state index in [0.717, 1.165) is 10.8 Å². The summed E-state index contributed by atoms with van der Waals surface area (Å²) in [7, 11) is -2.51. The van der Waals surface area contributed by atoms with Crippen LogP contribution in [0, 0.1) is 10.1 Å². The van der Waals surface area contributed by atoms with E-state index < -0.39 is 14.9 Å². The first-order valence-electron chi connectivity index (χ1n) is 9.57. The van der Waals surface area contributed by atoms with Gasteiger partial charge in [-0.25, -0.2) is 8.42 Å². The Bertz CT molecular complexity index is 1420. The fourth-order valence-electron chi connectivity index (χ4n) is 3.27. The summed E-state index contributed by atoms with van der Waals surface area (Å²) in [5, 5.41) is 16.0. The van der Waals surface area contributed by atoms with Gasteiger partial charge in [0, 0.05) is 12.1 Å². The Morgan fingerprint density at radius 1 is 0.812 bits per heavy atom. The molecule has 162 valence electrons. The molecule has 2 N–H and O–H groups in total. The van der Waals surface area contributed by atoms with Crippen LogP contribution in [0.25, 0.3) is 10.8 Å². The molecule has 0 fully saturated rings. The number of nitrogens with zero attached hydrogens (tertiary/aromatic N) is 1. The Labute approximate surface area is 184 Å². The van der Waals surface area contributed by atoms with Gasteiger partial charge < -0.3 is 10.1 Å². The molecule has 8 nitrogen and oxygen atoms in total. The molecule has 32 heavy (non-hydrogen) atoms. The number of benzene rings is 4. The quantitative estimate of drug-likeness (QED) is 0.293. The third-order valence-corrected chi connectivity index (χ3v) is 6.23. The molecule has 0 saturated carbocycles. The summed E-state index contributed by atoms with van der Waals surface area (Å²) in [4.78, 5) is 10.8. The lowest BCUT2D eigenvalue weighted by Crippen LogP contribution is -2.14. The molecule has 0 aliphatic rings. The number of hydrogen-bond acceptors (Lipinski definition) is 6. The number of sulfonamides is 1. The largest absolute Gasteiger partial charge is 0.495 e. The van der Waals surface area contributed by atoms with E-state index in [1.165, 1.54) is 31.4 Å². The van der Waals surface area contributed by atoms with Crippen LogP contribution in [0.15, 0.2) is 89.8 Å². The second-order valence-corrected chi connectivity index (χ2v) is 8.61. The summed E-state index contributed by atoms with van der Waals surface area (Å²) in [6.45, 7) is 0. The van der Waals surface area contributed by atoms with E-state index in [1.54, 1.807) is 36.4 Å². The highest BCUT2D eigenvalue weighted by Crippen LogP contribution is 2.34. The molecule has 0 amide bonds. The van der Waals surface area contributed by atoms with Crippen LogP contribution in [0.2, 0.25) is 0 Å². The zero-order valence-electron chi connectivity index (χ0n) is 17.0. The van der Waals surface area contributed by atoms with Gasteiger partial charge in [0.1, 0.15) is 5.75 Å². The molecule has 0 radical (unpaired) electrons. The topological polar surface area (TPSA) is 111 Å². The molecule has 0 heterocycles. The van der Waals surface area contributed by atoms with Crippen LogP contribution in [0.5, 0.6) is 5.75 Å². The number of fused-ring (bicyclic) bond motifs is 1. The minimum absolute atomic E-state index is 0.0401. The third-order valence-electron chi connectivity index (χ3n) is 4.87. The van der Waals surface area contributed by atoms with Gasteiger partial charge in [-0.05, 0) is 41.1 Å². The second-order valence-electron chi connectivity index (χ2n) is 6.93. The average Bonchev–Trinajstić information content (AvgIpc) is 2.80. The number of rotatable bonds is 7. The molecule has 0 atom stereocenters. The summed E-state index contributed by atoms with van der Waals surface area (Å²) >= 11 is 0. The van der Waals surface area contributed by atoms with Gasteiger partial charge in [-0.3, -0.25) is 14.8 Å². The number of non-ortho nitro benzene ring substituents is 1. The summed E-state index contributed by atoms with van der Waals surface area (Å²) in [5.74, 6) is 0.536. The van der Waals surface area contributed by atoms with Gasteiger partial charge >= 0.3 is 0 Å². The standard InChI is InChI=1S/C23H19N3O5S/c1-31-23-9-5-4-8-21(23)24-20-13-11-18(26(27)28)15-22(20)25-32(29,30)19-12-10-16-6-2-3-7-17(16)14-19/h2-15,24-25H,1H3. The molecule has 9 heteroatoms. The van der Waals surface area contributed by atoms with E-state index in [0.29, 0.717) is 17.1 Å². The summed E-state index contributed by atoms with van der Waals surface area (Å²) in [5.41, 5.74) is 0.713. The summed E-state index contributed by atoms with van der Waals surface area (Å²) < 4.78 is 34.0. The highest BCUT2D eigenvalue weighted by Gasteiger charge is 2.20. The average molecular weight is 449 g/mol. The first-order valence-corrected chi connectivity index (χ1v) is 11.1. The highest BCUT2D eigenvalue weighted by atomic mass is 32.2. The number of nitro benzene ring substituents is 1. The number of hydrogen-bond donors (Lipinski definition) is 2. The minimum Gasteiger partial charge on any atom is -0.495 e. The fourth-order valence-corrected chi connectivity index (χ4v) is 4.38. The molecule has 0 saturated heterocycles. The maximum Gasteiger partial charge on any atom is 0.271 e. The SMILES string of the molecule is COc1ccccc1Nc1ccc([N+](=O)[O-])cc1NS(=O)(=O)c1ccc2ccccc2c1. The van der Waals surface area contributed by atoms with Crippen molar-refractivity contribution >= 4 is 43.5 Å². The molecule has 4 aromatic rings. The van der Waals surface area contributed by atoms with E-state index in [2.05, 4.69) is 10.0 Å². The maximum absolute atomic E-state index is 13.1. The lowest BCUT2D eigenvalue weighted by atomic mass is 10.1. The van der Waals surface area contributed by atoms with E-state index in [-0.39, 0.29) is 16.3 Å². The number of anilines is 3. The minimum atomic E-state index is -4.02. The van der Waals surface area contributed by atoms with Crippen molar-refractivity contribution in [3.05, 3.63) is 95.0 Å². The maximum atomic E-state index is 13.1. The molecular weight excluding hydrogens is 430 g/mol. The predicted molar refractivity (Wildman–Crippen MR) is 124 cm³/mol. The molecule has 0 bridgehead atoms. The summed E-state index contributed by atoms with van der Waals surface area (Å²) in [6.07, 6.45) is 0. The van der Waals surface area contributed by atoms with Crippen LogP contribution in [0.4, 0.5) is 22.7 Å². The van der Waals surface area contributed by atoms with E-state index in [9.17, 15) is 18.5 Å². The van der Waals surface area contributed by atoms with Crippen molar-refractivity contribution in [3.63, 3.8) is 0 Å². The lowest BCUT2D eigenvalue weighted by molar-refractivity contribution is -0.384. The van der Waals surface area contributed by atoms with Crippen LogP contribution in [0.3, 0.4) is 0 Å². The molecular formula is C23H19N3O5S. The van der Waals surface area contributed by atoms with Gasteiger partial charge in [0.25, 0.3) is 15.7 Å². The first-order chi connectivity index (χ1) is 15.4. The lowest BCUT2D eigenvalue weighted by Gasteiger charge is -2.16. The molecule has 0 aromatic heterocycles. The van der Waals surface area contributed by atoms with Gasteiger partial charge in [0.2, 0.25) is 0 Å². The van der Waals surface area contributed by atoms with Crippen LogP contribution >= 0.6 is 0 Å². The van der Waals surface area contributed by atoms with Crippen LogP contribution in [-0.2, 0) is 10.0 Å². The zero-order chi connectivity index (χ0) is 22.7. The van der Waals surface area contributed by atoms with Crippen LogP contribution < -0.4 is 14.8 Å². The molecule has 4 aromatic carbocycles. The molecule has 4 rings (SSSR count). The second kappa shape index (κ2) is 8.56. The molecule has 0 aliphatic heterocycles. The Morgan fingerprint density at radius 3 is 2.28 bits per heavy atom. The smallest absolute Gasteiger partial charge is 0.271 e. The van der Waals surface area contributed by atoms with Crippen molar-refractivity contribution in [2.45, 2.75) is 4.90 Å². The Kier molecular flexibility index (Phi) is 5.65. The number of para-hydroxylation sites is 2. The number of nitrogens with one attached hydrogen (secondary N) is 2. The Morgan fingerprint density at radius 2 is 1.53 bits per heavy atom. The number of nitro groups is 1. The zero-order valence-corrected chi connectivity index (χ0v) is 17.8. The fraction of sp³-hybridized carbons (Fsp3) is 0.0435. The third kappa shape index (κ3) is 4.33. The molecule has 0 unspecified atom stereocenters. The van der Waals surface area contributed by atoms with Crippen molar-refractivity contribution in [3.8, 4) is 5.75 Å². The monoisotopic (exact) mass is 449 g/mol. The van der Waals surface area contributed by atoms with Gasteiger partial charge in [-0.15, -0.1) is 0 Å². The van der Waals surface area contributed by atoms with Crippen molar-refractivity contribution < 1.29 is 18.1 Å². The van der Waals surface area contributed by atoms with Gasteiger partial charge in [0.15, 0.2) is 0 Å². The van der Waals surface area contributed by atoms with Crippen LogP contribution in [-0.4, -0.2) is 20.5 Å². The summed E-state index contributed by atoms with van der Waals surface area (Å²) in [6, 6.07) is 23.2. The van der Waals surface area contributed by atoms with Crippen molar-refractivity contribution in [2.24, 2.45) is 0 Å². The van der Waals surface area contributed by atoms with Gasteiger partial charge in [0.05, 0.1) is 34.0 Å². The molecule has 0 aliphatic carbocycles. The van der Waals surface area contributed by atoms with Crippen molar-refractivity contribution in [1.82, 2.24) is 0 Å². The predicted octanol–water partition coefficient (Wildman–Crippen LogP) is 5.30. The van der Waals surface area contributed by atoms with E-state index in [4.69, 9.17) is 4.74 Å². The van der Waals surface area contributed by atoms with Crippen molar-refractivity contribution in [2.75, 3.05) is 17.1 Å². The van der Waals surface area contributed by atoms with Crippen molar-refractivity contribution in [1.29, 1.82) is 0 Å². The van der Waals surface area contributed by atoms with E-state index in [1.807, 2.05) is 24.3 Å². The molecule has 0 spiro atoms. The normalized spacial score (nSPS) is 11.2. The first kappa shape index (κ1) is 21.1. The Hall–Kier alpha value is -4.11. The number of methoxy groups -OCH3 is 1. The van der Waals surface area contributed by atoms with Gasteiger partial charge in [-0.2, -0.15) is 0 Å². The van der Waals surface area contributed by atoms with E-state index >= 15 is 0 Å². The van der Waals surface area contributed by atoms with Gasteiger partial charge in [-0.1, -0.05) is 42.5 Å². The highest BCUT2D eigenvalue weighted by molar-refractivity contribution is 7.92.